The Morgan fingerprint density at radius 3 is 2.93 bits per heavy atom. The monoisotopic (exact) mass is 186 g/mol. The average molecular weight is 186 g/mol. The van der Waals surface area contributed by atoms with Gasteiger partial charge in [-0.15, -0.1) is 0 Å². The molecule has 0 atom stereocenters. The van der Waals surface area contributed by atoms with Crippen molar-refractivity contribution in [3.8, 4) is 0 Å². The Kier molecular flexibility index (Phi) is 1.36. The number of hydrogen-bond donors (Lipinski definition) is 0. The van der Waals surface area contributed by atoms with Crippen LogP contribution in [-0.2, 0) is 0 Å². The van der Waals surface area contributed by atoms with Crippen molar-refractivity contribution in [2.75, 3.05) is 0 Å². The van der Waals surface area contributed by atoms with E-state index in [1.165, 1.54) is 12.1 Å². The largest absolute Gasteiger partial charge is 0.299 e. The second-order valence-corrected chi connectivity index (χ2v) is 3.17. The number of rotatable bonds is 0. The lowest BCUT2D eigenvalue weighted by Gasteiger charge is -1.93. The fourth-order valence-corrected chi connectivity index (χ4v) is 1.64. The molecule has 2 aromatic heterocycles. The van der Waals surface area contributed by atoms with E-state index in [4.69, 9.17) is 0 Å². The van der Waals surface area contributed by atoms with E-state index in [9.17, 15) is 4.39 Å². The fraction of sp³-hybridized carbons (Fsp3) is 0. The lowest BCUT2D eigenvalue weighted by molar-refractivity contribution is 0.626. The van der Waals surface area contributed by atoms with E-state index in [2.05, 4.69) is 4.98 Å². The smallest absolute Gasteiger partial charge is 0.140 e. The molecule has 0 saturated carbocycles. The maximum absolute atomic E-state index is 12.9. The van der Waals surface area contributed by atoms with Crippen LogP contribution in [0.2, 0.25) is 0 Å². The third kappa shape index (κ3) is 0.923. The summed E-state index contributed by atoms with van der Waals surface area (Å²) in [6.07, 6.45) is 1.69. The molecule has 3 aromatic rings. The number of fused-ring (bicyclic) bond motifs is 3. The first kappa shape index (κ1) is 7.50. The number of hydrogen-bond acceptors (Lipinski definition) is 1. The van der Waals surface area contributed by atoms with Crippen LogP contribution in [0.15, 0.2) is 42.6 Å². The molecular weight excluding hydrogens is 179 g/mol. The first-order valence-electron chi connectivity index (χ1n) is 4.37. The van der Waals surface area contributed by atoms with Crippen molar-refractivity contribution in [1.29, 1.82) is 0 Å². The van der Waals surface area contributed by atoms with E-state index >= 15 is 0 Å². The summed E-state index contributed by atoms with van der Waals surface area (Å²) in [6, 6.07) is 10.6. The van der Waals surface area contributed by atoms with Crippen LogP contribution in [0.1, 0.15) is 0 Å². The Balaban J connectivity index is 2.57. The van der Waals surface area contributed by atoms with E-state index in [1.54, 1.807) is 6.20 Å². The maximum Gasteiger partial charge on any atom is 0.140 e. The van der Waals surface area contributed by atoms with E-state index < -0.39 is 0 Å². The van der Waals surface area contributed by atoms with Gasteiger partial charge >= 0.3 is 0 Å². The van der Waals surface area contributed by atoms with Crippen LogP contribution in [0.4, 0.5) is 4.39 Å². The zero-order valence-corrected chi connectivity index (χ0v) is 7.31. The van der Waals surface area contributed by atoms with Crippen molar-refractivity contribution in [1.82, 2.24) is 9.38 Å². The molecule has 3 heteroatoms. The van der Waals surface area contributed by atoms with Crippen LogP contribution in [0, 0.1) is 5.82 Å². The van der Waals surface area contributed by atoms with Crippen LogP contribution in [-0.4, -0.2) is 9.38 Å². The Bertz CT molecular complexity index is 613. The number of para-hydroxylation sites is 2. The van der Waals surface area contributed by atoms with Gasteiger partial charge in [0.05, 0.1) is 11.0 Å². The van der Waals surface area contributed by atoms with Crippen LogP contribution < -0.4 is 0 Å². The Labute approximate surface area is 79.6 Å². The topological polar surface area (TPSA) is 17.3 Å². The van der Waals surface area contributed by atoms with Gasteiger partial charge in [-0.3, -0.25) is 4.40 Å². The molecular formula is C11H7FN2. The van der Waals surface area contributed by atoms with Crippen molar-refractivity contribution in [3.63, 3.8) is 0 Å². The predicted octanol–water partition coefficient (Wildman–Crippen LogP) is 2.63. The average Bonchev–Trinajstić information content (AvgIpc) is 2.54. The number of pyridine rings is 1. The number of imidazole rings is 1. The first-order chi connectivity index (χ1) is 6.84. The zero-order chi connectivity index (χ0) is 9.54. The highest BCUT2D eigenvalue weighted by Crippen LogP contribution is 2.16. The molecule has 0 bridgehead atoms. The lowest BCUT2D eigenvalue weighted by Crippen LogP contribution is -1.84. The van der Waals surface area contributed by atoms with Crippen LogP contribution >= 0.6 is 0 Å². The molecule has 2 heterocycles. The number of benzene rings is 1. The van der Waals surface area contributed by atoms with Gasteiger partial charge in [-0.05, 0) is 18.2 Å². The summed E-state index contributed by atoms with van der Waals surface area (Å²) in [4.78, 5) is 4.30. The first-order valence-corrected chi connectivity index (χ1v) is 4.37. The fourth-order valence-electron chi connectivity index (χ4n) is 1.64. The van der Waals surface area contributed by atoms with E-state index in [-0.39, 0.29) is 5.82 Å². The van der Waals surface area contributed by atoms with E-state index in [0.717, 1.165) is 11.0 Å². The molecule has 0 aliphatic rings. The third-order valence-corrected chi connectivity index (χ3v) is 2.27. The quantitative estimate of drug-likeness (QED) is 0.527. The highest BCUT2D eigenvalue weighted by atomic mass is 19.1. The van der Waals surface area contributed by atoms with Crippen molar-refractivity contribution in [2.24, 2.45) is 0 Å². The van der Waals surface area contributed by atoms with Crippen molar-refractivity contribution in [3.05, 3.63) is 48.4 Å². The van der Waals surface area contributed by atoms with Crippen LogP contribution in [0.25, 0.3) is 16.7 Å². The van der Waals surface area contributed by atoms with Gasteiger partial charge in [-0.2, -0.15) is 0 Å². The molecule has 0 amide bonds. The van der Waals surface area contributed by atoms with Crippen molar-refractivity contribution < 1.29 is 4.39 Å². The van der Waals surface area contributed by atoms with Gasteiger partial charge < -0.3 is 0 Å². The normalized spacial score (nSPS) is 11.2. The molecule has 0 aliphatic heterocycles. The van der Waals surface area contributed by atoms with Gasteiger partial charge in [0.15, 0.2) is 0 Å². The van der Waals surface area contributed by atoms with Crippen molar-refractivity contribution >= 4 is 16.7 Å². The second-order valence-electron chi connectivity index (χ2n) is 3.17. The minimum absolute atomic E-state index is 0.257. The molecule has 0 N–H and O–H groups in total. The summed E-state index contributed by atoms with van der Waals surface area (Å²) in [5, 5.41) is 0. The number of halogens is 1. The summed E-state index contributed by atoms with van der Waals surface area (Å²) in [6.45, 7) is 0. The Hall–Kier alpha value is -1.90. The number of aromatic nitrogens is 2. The minimum Gasteiger partial charge on any atom is -0.299 e. The Morgan fingerprint density at radius 2 is 2.00 bits per heavy atom. The molecule has 0 fully saturated rings. The molecule has 1 aromatic carbocycles. The Morgan fingerprint density at radius 1 is 1.14 bits per heavy atom. The molecule has 68 valence electrons. The molecule has 0 aliphatic carbocycles. The predicted molar refractivity (Wildman–Crippen MR) is 52.7 cm³/mol. The number of nitrogens with zero attached hydrogens (tertiary/aromatic N) is 2. The molecule has 0 radical (unpaired) electrons. The minimum atomic E-state index is -0.257. The van der Waals surface area contributed by atoms with E-state index in [1.807, 2.05) is 28.7 Å². The molecule has 3 rings (SSSR count). The molecule has 0 saturated heterocycles. The van der Waals surface area contributed by atoms with Gasteiger partial charge in [-0.25, -0.2) is 9.37 Å². The van der Waals surface area contributed by atoms with E-state index in [0.29, 0.717) is 5.65 Å². The van der Waals surface area contributed by atoms with Gasteiger partial charge in [0, 0.05) is 12.3 Å². The molecule has 14 heavy (non-hydrogen) atoms. The summed E-state index contributed by atoms with van der Waals surface area (Å²) < 4.78 is 14.8. The van der Waals surface area contributed by atoms with Crippen LogP contribution in [0.5, 0.6) is 0 Å². The third-order valence-electron chi connectivity index (χ3n) is 2.27. The molecule has 2 nitrogen and oxygen atoms in total. The summed E-state index contributed by atoms with van der Waals surface area (Å²) in [7, 11) is 0. The SMILES string of the molecule is Fc1ccn2c(c1)nc1ccccc12. The van der Waals surface area contributed by atoms with Gasteiger partial charge in [0.1, 0.15) is 11.5 Å². The highest BCUT2D eigenvalue weighted by molar-refractivity contribution is 5.80. The zero-order valence-electron chi connectivity index (χ0n) is 7.31. The van der Waals surface area contributed by atoms with Gasteiger partial charge in [0.25, 0.3) is 0 Å². The van der Waals surface area contributed by atoms with Gasteiger partial charge in [0.2, 0.25) is 0 Å². The second kappa shape index (κ2) is 2.54. The molecule has 0 unspecified atom stereocenters. The van der Waals surface area contributed by atoms with Crippen molar-refractivity contribution in [2.45, 2.75) is 0 Å². The summed E-state index contributed by atoms with van der Waals surface area (Å²) in [5.41, 5.74) is 2.53. The lowest BCUT2D eigenvalue weighted by atomic mass is 10.3. The summed E-state index contributed by atoms with van der Waals surface area (Å²) in [5.74, 6) is -0.257. The standard InChI is InChI=1S/C11H7FN2/c12-8-5-6-14-10-4-2-1-3-9(10)13-11(14)7-8/h1-7H. The molecule has 0 spiro atoms. The van der Waals surface area contributed by atoms with Gasteiger partial charge in [-0.1, -0.05) is 12.1 Å². The summed E-state index contributed by atoms with van der Waals surface area (Å²) >= 11 is 0. The highest BCUT2D eigenvalue weighted by Gasteiger charge is 2.02. The van der Waals surface area contributed by atoms with Crippen LogP contribution in [0.3, 0.4) is 0 Å². The maximum atomic E-state index is 12.9.